The zero-order valence-corrected chi connectivity index (χ0v) is 15.4. The highest BCUT2D eigenvalue weighted by Crippen LogP contribution is 2.22. The molecule has 0 radical (unpaired) electrons. The van der Waals surface area contributed by atoms with Crippen LogP contribution in [0.4, 0.5) is 0 Å². The molecule has 0 fully saturated rings. The van der Waals surface area contributed by atoms with Gasteiger partial charge in [-0.05, 0) is 59.7 Å². The lowest BCUT2D eigenvalue weighted by Gasteiger charge is -2.07. The van der Waals surface area contributed by atoms with Crippen LogP contribution in [0.1, 0.15) is 16.2 Å². The Kier molecular flexibility index (Phi) is 4.18. The van der Waals surface area contributed by atoms with E-state index in [1.807, 2.05) is 34.7 Å². The monoisotopic (exact) mass is 383 g/mol. The van der Waals surface area contributed by atoms with Crippen molar-refractivity contribution in [1.29, 1.82) is 0 Å². The molecule has 0 atom stereocenters. The van der Waals surface area contributed by atoms with Gasteiger partial charge in [-0.3, -0.25) is 9.78 Å². The molecule has 1 N–H and O–H groups in total. The smallest absolute Gasteiger partial charge is 0.272 e. The number of carbonyl (C=O) groups excluding carboxylic acids is 1. The van der Waals surface area contributed by atoms with Crippen LogP contribution in [0.3, 0.4) is 0 Å². The van der Waals surface area contributed by atoms with Crippen LogP contribution in [0.2, 0.25) is 0 Å². The SMILES string of the molecule is O=C(NCc1ccco1)c1ccn(-c2ccc3ccc(-c4ccncc4)cn23)n1. The first-order valence-electron chi connectivity index (χ1n) is 9.16. The van der Waals surface area contributed by atoms with Gasteiger partial charge in [-0.1, -0.05) is 6.07 Å². The highest BCUT2D eigenvalue weighted by Gasteiger charge is 2.12. The Morgan fingerprint density at radius 2 is 1.86 bits per heavy atom. The molecule has 0 saturated heterocycles. The van der Waals surface area contributed by atoms with E-state index >= 15 is 0 Å². The number of fused-ring (bicyclic) bond motifs is 1. The largest absolute Gasteiger partial charge is 0.467 e. The number of hydrogen-bond acceptors (Lipinski definition) is 4. The molecule has 0 bridgehead atoms. The topological polar surface area (TPSA) is 77.4 Å². The normalized spacial score (nSPS) is 11.0. The number of hydrogen-bond donors (Lipinski definition) is 1. The summed E-state index contributed by atoms with van der Waals surface area (Å²) < 4.78 is 8.98. The molecule has 0 aliphatic heterocycles. The summed E-state index contributed by atoms with van der Waals surface area (Å²) in [6, 6.07) is 17.4. The van der Waals surface area contributed by atoms with Crippen molar-refractivity contribution in [2.45, 2.75) is 6.54 Å². The van der Waals surface area contributed by atoms with E-state index < -0.39 is 0 Å². The van der Waals surface area contributed by atoms with E-state index in [0.717, 1.165) is 22.5 Å². The second-order valence-corrected chi connectivity index (χ2v) is 6.55. The van der Waals surface area contributed by atoms with Crippen LogP contribution < -0.4 is 5.32 Å². The summed E-state index contributed by atoms with van der Waals surface area (Å²) in [5.41, 5.74) is 3.54. The van der Waals surface area contributed by atoms with E-state index in [2.05, 4.69) is 33.7 Å². The third-order valence-electron chi connectivity index (χ3n) is 4.70. The van der Waals surface area contributed by atoms with Gasteiger partial charge < -0.3 is 14.1 Å². The highest BCUT2D eigenvalue weighted by atomic mass is 16.3. The average Bonchev–Trinajstić information content (AvgIpc) is 3.52. The third kappa shape index (κ3) is 3.29. The van der Waals surface area contributed by atoms with Crippen molar-refractivity contribution in [2.75, 3.05) is 0 Å². The van der Waals surface area contributed by atoms with Gasteiger partial charge in [0.25, 0.3) is 5.91 Å². The zero-order valence-electron chi connectivity index (χ0n) is 15.4. The van der Waals surface area contributed by atoms with Gasteiger partial charge in [-0.15, -0.1) is 0 Å². The highest BCUT2D eigenvalue weighted by molar-refractivity contribution is 5.92. The summed E-state index contributed by atoms with van der Waals surface area (Å²) in [6.45, 7) is 0.321. The summed E-state index contributed by atoms with van der Waals surface area (Å²) in [5.74, 6) is 1.29. The van der Waals surface area contributed by atoms with Crippen LogP contribution in [0.25, 0.3) is 22.5 Å². The fourth-order valence-corrected chi connectivity index (χ4v) is 3.23. The van der Waals surface area contributed by atoms with E-state index in [4.69, 9.17) is 4.42 Å². The predicted molar refractivity (Wildman–Crippen MR) is 108 cm³/mol. The number of amides is 1. The van der Waals surface area contributed by atoms with Crippen molar-refractivity contribution in [1.82, 2.24) is 24.5 Å². The Labute approximate surface area is 166 Å². The van der Waals surface area contributed by atoms with Crippen molar-refractivity contribution >= 4 is 11.4 Å². The second-order valence-electron chi connectivity index (χ2n) is 6.55. The van der Waals surface area contributed by atoms with Crippen molar-refractivity contribution in [2.24, 2.45) is 0 Å². The number of aromatic nitrogens is 4. The quantitative estimate of drug-likeness (QED) is 0.502. The number of pyridine rings is 2. The van der Waals surface area contributed by atoms with Crippen LogP contribution in [0.15, 0.2) is 90.1 Å². The number of nitrogens with one attached hydrogen (secondary N) is 1. The van der Waals surface area contributed by atoms with Gasteiger partial charge >= 0.3 is 0 Å². The van der Waals surface area contributed by atoms with Crippen molar-refractivity contribution in [3.63, 3.8) is 0 Å². The fraction of sp³-hybridized carbons (Fsp3) is 0.0455. The van der Waals surface area contributed by atoms with Crippen LogP contribution in [0.5, 0.6) is 0 Å². The first kappa shape index (κ1) is 17.0. The Balaban J connectivity index is 1.43. The lowest BCUT2D eigenvalue weighted by Crippen LogP contribution is -2.23. The van der Waals surface area contributed by atoms with Crippen LogP contribution in [0, 0.1) is 0 Å². The van der Waals surface area contributed by atoms with Gasteiger partial charge in [0.05, 0.1) is 12.8 Å². The van der Waals surface area contributed by atoms with E-state index in [1.54, 1.807) is 41.7 Å². The summed E-state index contributed by atoms with van der Waals surface area (Å²) >= 11 is 0. The summed E-state index contributed by atoms with van der Waals surface area (Å²) in [4.78, 5) is 16.5. The van der Waals surface area contributed by atoms with Gasteiger partial charge in [0, 0.05) is 30.3 Å². The fourth-order valence-electron chi connectivity index (χ4n) is 3.23. The van der Waals surface area contributed by atoms with Gasteiger partial charge in [0.1, 0.15) is 11.6 Å². The van der Waals surface area contributed by atoms with E-state index in [-0.39, 0.29) is 5.91 Å². The summed E-state index contributed by atoms with van der Waals surface area (Å²) in [5, 5.41) is 7.25. The second kappa shape index (κ2) is 7.12. The molecular weight excluding hydrogens is 366 g/mol. The van der Waals surface area contributed by atoms with Gasteiger partial charge in [-0.2, -0.15) is 5.10 Å². The lowest BCUT2D eigenvalue weighted by atomic mass is 10.1. The number of carbonyl (C=O) groups is 1. The maximum atomic E-state index is 12.4. The van der Waals surface area contributed by atoms with E-state index in [9.17, 15) is 4.79 Å². The van der Waals surface area contributed by atoms with Crippen LogP contribution in [-0.2, 0) is 6.54 Å². The lowest BCUT2D eigenvalue weighted by molar-refractivity contribution is 0.0942. The molecule has 29 heavy (non-hydrogen) atoms. The van der Waals surface area contributed by atoms with Crippen molar-refractivity contribution < 1.29 is 9.21 Å². The minimum absolute atomic E-state index is 0.251. The minimum atomic E-state index is -0.251. The molecule has 5 heterocycles. The minimum Gasteiger partial charge on any atom is -0.467 e. The molecule has 0 saturated carbocycles. The summed E-state index contributed by atoms with van der Waals surface area (Å²) in [7, 11) is 0. The van der Waals surface area contributed by atoms with Crippen molar-refractivity contribution in [3.05, 3.63) is 97.1 Å². The Morgan fingerprint density at radius 3 is 2.69 bits per heavy atom. The first-order valence-corrected chi connectivity index (χ1v) is 9.16. The maximum absolute atomic E-state index is 12.4. The van der Waals surface area contributed by atoms with Crippen LogP contribution in [-0.4, -0.2) is 25.1 Å². The molecule has 1 amide bonds. The molecule has 5 aromatic heterocycles. The Hall–Kier alpha value is -4.13. The molecule has 0 spiro atoms. The van der Waals surface area contributed by atoms with Gasteiger partial charge in [-0.25, -0.2) is 4.68 Å². The van der Waals surface area contributed by atoms with Gasteiger partial charge in [0.15, 0.2) is 5.69 Å². The molecule has 0 aliphatic rings. The standard InChI is InChI=1S/C22H17N5O2/c28-22(24-14-19-2-1-13-29-19)20-9-12-27(25-20)21-6-5-18-4-3-17(15-26(18)21)16-7-10-23-11-8-16/h1-13,15H,14H2,(H,24,28). The predicted octanol–water partition coefficient (Wildman–Crippen LogP) is 3.71. The first-order chi connectivity index (χ1) is 14.3. The zero-order chi connectivity index (χ0) is 19.6. The molecule has 0 aliphatic carbocycles. The van der Waals surface area contributed by atoms with Crippen molar-refractivity contribution in [3.8, 4) is 16.9 Å². The molecule has 5 aromatic rings. The van der Waals surface area contributed by atoms with Crippen LogP contribution >= 0.6 is 0 Å². The van der Waals surface area contributed by atoms with E-state index in [0.29, 0.717) is 18.0 Å². The Bertz CT molecular complexity index is 1270. The van der Waals surface area contributed by atoms with Gasteiger partial charge in [0.2, 0.25) is 0 Å². The summed E-state index contributed by atoms with van der Waals surface area (Å²) in [6.07, 6.45) is 8.96. The molecule has 7 heteroatoms. The molecule has 0 unspecified atom stereocenters. The third-order valence-corrected chi connectivity index (χ3v) is 4.70. The maximum Gasteiger partial charge on any atom is 0.272 e. The molecule has 7 nitrogen and oxygen atoms in total. The Morgan fingerprint density at radius 1 is 1.00 bits per heavy atom. The molecule has 5 rings (SSSR count). The molecule has 142 valence electrons. The molecule has 0 aromatic carbocycles. The van der Waals surface area contributed by atoms with E-state index in [1.165, 1.54) is 0 Å². The average molecular weight is 383 g/mol. The number of furan rings is 1. The number of rotatable bonds is 5. The molecular formula is C22H17N5O2. The number of nitrogens with zero attached hydrogens (tertiary/aromatic N) is 4.